The Bertz CT molecular complexity index is 1580. The van der Waals surface area contributed by atoms with Crippen molar-refractivity contribution in [1.29, 1.82) is 5.26 Å². The number of fused-ring (bicyclic) bond motifs is 2. The van der Waals surface area contributed by atoms with Gasteiger partial charge in [0, 0.05) is 36.1 Å². The highest BCUT2D eigenvalue weighted by atomic mass is 79.9. The molecular weight excluding hydrogens is 685 g/mol. The minimum atomic E-state index is -0.508. The molecule has 7 nitrogen and oxygen atoms in total. The highest BCUT2D eigenvalue weighted by Crippen LogP contribution is 2.23. The maximum absolute atomic E-state index is 13.1. The Morgan fingerprint density at radius 2 is 1.43 bits per heavy atom. The normalized spacial score (nSPS) is 10.3. The van der Waals surface area contributed by atoms with Crippen LogP contribution in [0.1, 0.15) is 25.0 Å². The summed E-state index contributed by atoms with van der Waals surface area (Å²) in [6.45, 7) is 5.51. The van der Waals surface area contributed by atoms with E-state index >= 15 is 0 Å². The van der Waals surface area contributed by atoms with Crippen molar-refractivity contribution in [2.45, 2.75) is 26.7 Å². The number of hydrogen-bond acceptors (Lipinski definition) is 7. The van der Waals surface area contributed by atoms with Crippen molar-refractivity contribution < 1.29 is 36.6 Å². The zero-order chi connectivity index (χ0) is 31.1. The summed E-state index contributed by atoms with van der Waals surface area (Å²) in [6, 6.07) is 14.6. The number of benzene rings is 3. The van der Waals surface area contributed by atoms with Crippen LogP contribution in [0.25, 0.3) is 21.9 Å². The number of furan rings is 2. The monoisotopic (exact) mass is 712 g/mol. The number of phenolic OH excluding ortho intramolecular Hbond substituents is 1. The van der Waals surface area contributed by atoms with Crippen LogP contribution in [0.5, 0.6) is 5.75 Å². The van der Waals surface area contributed by atoms with Gasteiger partial charge in [0.1, 0.15) is 40.4 Å². The molecule has 12 heteroatoms. The van der Waals surface area contributed by atoms with E-state index in [1.165, 1.54) is 48.9 Å². The molecule has 0 bridgehead atoms. The van der Waals surface area contributed by atoms with Crippen molar-refractivity contribution in [3.63, 3.8) is 0 Å². The topological polar surface area (TPSA) is 115 Å². The molecule has 0 saturated carbocycles. The summed E-state index contributed by atoms with van der Waals surface area (Å²) in [7, 11) is 0. The fourth-order valence-electron chi connectivity index (χ4n) is 3.41. The summed E-state index contributed by atoms with van der Waals surface area (Å²) in [6.07, 6.45) is 2.90. The molecule has 2 heterocycles. The maximum atomic E-state index is 13.1. The molecule has 224 valence electrons. The second kappa shape index (κ2) is 18.3. The standard InChI is InChI=1S/C9H8FNO.C9H4FNO.C6H4BrFO.C6H13BrO2/c2*10-8-1-2-9-6(3-4-12-9)7(8)5-11;7-5-3-4(9)1-2-6(5)8;1-3-8-6(5-7)9-4-2/h1-4H,5,11H2;1-4H;1-3,9H;6H,3-5H2,1-2H3. The smallest absolute Gasteiger partial charge is 0.167 e. The van der Waals surface area contributed by atoms with Gasteiger partial charge in [0.15, 0.2) is 6.29 Å². The number of nitrogens with zero attached hydrogens (tertiary/aromatic N) is 1. The van der Waals surface area contributed by atoms with Gasteiger partial charge in [0.25, 0.3) is 0 Å². The van der Waals surface area contributed by atoms with E-state index in [1.807, 2.05) is 13.8 Å². The Hall–Kier alpha value is -3.34. The molecule has 0 atom stereocenters. The SMILES string of the molecule is CCOC(CBr)OCC.N#Cc1c(F)ccc2occc12.NCc1c(F)ccc2occc12.Oc1ccc(F)c(Br)c1. The van der Waals surface area contributed by atoms with Crippen LogP contribution in [0.3, 0.4) is 0 Å². The summed E-state index contributed by atoms with van der Waals surface area (Å²) in [5.41, 5.74) is 7.16. The fourth-order valence-corrected chi connectivity index (χ4v) is 4.15. The molecule has 2 aromatic heterocycles. The van der Waals surface area contributed by atoms with Crippen LogP contribution < -0.4 is 5.73 Å². The molecule has 0 saturated heterocycles. The quantitative estimate of drug-likeness (QED) is 0.134. The second-order valence-corrected chi connectivity index (χ2v) is 9.52. The minimum absolute atomic E-state index is 0.0428. The molecule has 3 aromatic carbocycles. The number of nitrogens with two attached hydrogens (primary N) is 1. The average molecular weight is 714 g/mol. The third-order valence-corrected chi connectivity index (χ3v) is 6.46. The zero-order valence-corrected chi connectivity index (χ0v) is 25.9. The number of halogens is 5. The number of alkyl halides is 1. The molecule has 0 amide bonds. The fraction of sp³-hybridized carbons (Fsp3) is 0.233. The van der Waals surface area contributed by atoms with Crippen LogP contribution in [0.15, 0.2) is 80.4 Å². The zero-order valence-electron chi connectivity index (χ0n) is 22.8. The van der Waals surface area contributed by atoms with E-state index in [1.54, 1.807) is 24.3 Å². The van der Waals surface area contributed by atoms with Crippen LogP contribution >= 0.6 is 31.9 Å². The molecule has 0 spiro atoms. The van der Waals surface area contributed by atoms with Gasteiger partial charge in [-0.15, -0.1) is 0 Å². The molecule has 0 unspecified atom stereocenters. The van der Waals surface area contributed by atoms with Gasteiger partial charge in [-0.3, -0.25) is 0 Å². The molecule has 5 rings (SSSR count). The lowest BCUT2D eigenvalue weighted by Crippen LogP contribution is -2.18. The molecule has 3 N–H and O–H groups in total. The summed E-state index contributed by atoms with van der Waals surface area (Å²) in [4.78, 5) is 0. The number of aromatic hydroxyl groups is 1. The lowest BCUT2D eigenvalue weighted by Gasteiger charge is -2.12. The Morgan fingerprint density at radius 3 is 1.93 bits per heavy atom. The Morgan fingerprint density at radius 1 is 0.881 bits per heavy atom. The molecule has 42 heavy (non-hydrogen) atoms. The number of hydrogen-bond donors (Lipinski definition) is 2. The number of phenols is 1. The van der Waals surface area contributed by atoms with E-state index in [-0.39, 0.29) is 40.3 Å². The first-order chi connectivity index (χ1) is 20.2. The third-order valence-electron chi connectivity index (χ3n) is 5.32. The Kier molecular flexibility index (Phi) is 15.1. The molecule has 0 aliphatic rings. The molecule has 0 aliphatic carbocycles. The van der Waals surface area contributed by atoms with Crippen LogP contribution in [0.2, 0.25) is 0 Å². The van der Waals surface area contributed by atoms with Crippen molar-refractivity contribution in [2.24, 2.45) is 5.73 Å². The van der Waals surface area contributed by atoms with Gasteiger partial charge in [0.05, 0.1) is 27.9 Å². The lowest BCUT2D eigenvalue weighted by atomic mass is 10.1. The summed E-state index contributed by atoms with van der Waals surface area (Å²) in [5, 5.41) is 19.4. The van der Waals surface area contributed by atoms with E-state index in [0.717, 1.165) is 10.7 Å². The first-order valence-corrected chi connectivity index (χ1v) is 14.5. The summed E-state index contributed by atoms with van der Waals surface area (Å²) >= 11 is 6.18. The molecule has 5 aromatic rings. The predicted molar refractivity (Wildman–Crippen MR) is 162 cm³/mol. The van der Waals surface area contributed by atoms with Crippen molar-refractivity contribution in [3.05, 3.63) is 100 Å². The van der Waals surface area contributed by atoms with Crippen LogP contribution in [0.4, 0.5) is 13.2 Å². The summed E-state index contributed by atoms with van der Waals surface area (Å²) < 4.78 is 59.0. The van der Waals surface area contributed by atoms with Gasteiger partial charge in [-0.1, -0.05) is 15.9 Å². The van der Waals surface area contributed by atoms with Gasteiger partial charge < -0.3 is 29.1 Å². The van der Waals surface area contributed by atoms with Crippen molar-refractivity contribution in [2.75, 3.05) is 18.5 Å². The second-order valence-electron chi connectivity index (χ2n) is 8.02. The van der Waals surface area contributed by atoms with E-state index in [2.05, 4.69) is 31.9 Å². The van der Waals surface area contributed by atoms with Crippen molar-refractivity contribution in [1.82, 2.24) is 0 Å². The van der Waals surface area contributed by atoms with Gasteiger partial charge >= 0.3 is 0 Å². The van der Waals surface area contributed by atoms with Gasteiger partial charge in [-0.2, -0.15) is 5.26 Å². The van der Waals surface area contributed by atoms with Gasteiger partial charge in [-0.25, -0.2) is 13.2 Å². The molecule has 0 radical (unpaired) electrons. The summed E-state index contributed by atoms with van der Waals surface area (Å²) in [5.74, 6) is -1.09. The van der Waals surface area contributed by atoms with Gasteiger partial charge in [-0.05, 0) is 84.4 Å². The maximum Gasteiger partial charge on any atom is 0.167 e. The largest absolute Gasteiger partial charge is 0.508 e. The first-order valence-electron chi connectivity index (χ1n) is 12.5. The highest BCUT2D eigenvalue weighted by molar-refractivity contribution is 9.10. The Balaban J connectivity index is 0.000000198. The van der Waals surface area contributed by atoms with Crippen molar-refractivity contribution >= 4 is 53.8 Å². The van der Waals surface area contributed by atoms with Crippen LogP contribution in [0, 0.1) is 28.8 Å². The van der Waals surface area contributed by atoms with E-state index in [4.69, 9.17) is 34.4 Å². The average Bonchev–Trinajstić information content (AvgIpc) is 3.66. The highest BCUT2D eigenvalue weighted by Gasteiger charge is 2.08. The van der Waals surface area contributed by atoms with E-state index in [0.29, 0.717) is 35.3 Å². The van der Waals surface area contributed by atoms with Gasteiger partial charge in [0.2, 0.25) is 0 Å². The van der Waals surface area contributed by atoms with E-state index in [9.17, 15) is 13.2 Å². The molecule has 0 fully saturated rings. The predicted octanol–water partition coefficient (Wildman–Crippen LogP) is 8.55. The number of rotatable bonds is 6. The molecule has 0 aliphatic heterocycles. The minimum Gasteiger partial charge on any atom is -0.508 e. The third kappa shape index (κ3) is 10.2. The van der Waals surface area contributed by atoms with E-state index < -0.39 is 5.82 Å². The lowest BCUT2D eigenvalue weighted by molar-refractivity contribution is -0.119. The van der Waals surface area contributed by atoms with Crippen molar-refractivity contribution in [3.8, 4) is 11.8 Å². The Labute approximate surface area is 257 Å². The van der Waals surface area contributed by atoms with Crippen LogP contribution in [-0.4, -0.2) is 29.9 Å². The molecular formula is C30H29Br2F3N2O5. The first kappa shape index (κ1) is 34.9. The van der Waals surface area contributed by atoms with Crippen LogP contribution in [-0.2, 0) is 16.0 Å². The number of nitriles is 1. The number of ether oxygens (including phenoxy) is 2.